The second-order valence-corrected chi connectivity index (χ2v) is 4.48. The molecule has 2 rings (SSSR count). The molecule has 0 saturated heterocycles. The van der Waals surface area contributed by atoms with Crippen LogP contribution in [0, 0.1) is 12.7 Å². The van der Waals surface area contributed by atoms with Crippen LogP contribution in [0.25, 0.3) is 0 Å². The summed E-state index contributed by atoms with van der Waals surface area (Å²) in [6.45, 7) is 4.30. The van der Waals surface area contributed by atoms with Gasteiger partial charge in [0.15, 0.2) is 11.6 Å². The van der Waals surface area contributed by atoms with Crippen LogP contribution in [0.1, 0.15) is 30.0 Å². The third-order valence-electron chi connectivity index (χ3n) is 3.05. The Hall–Kier alpha value is -1.81. The van der Waals surface area contributed by atoms with Gasteiger partial charge in [-0.3, -0.25) is 0 Å². The lowest BCUT2D eigenvalue weighted by Crippen LogP contribution is -2.18. The molecule has 1 aromatic heterocycles. The fraction of sp³-hybridized carbons (Fsp3) is 0.333. The van der Waals surface area contributed by atoms with Crippen molar-refractivity contribution in [2.75, 3.05) is 7.11 Å². The minimum atomic E-state index is -0.319. The Morgan fingerprint density at radius 3 is 2.74 bits per heavy atom. The first-order valence-corrected chi connectivity index (χ1v) is 6.23. The normalized spacial score (nSPS) is 12.4. The van der Waals surface area contributed by atoms with Crippen LogP contribution in [-0.4, -0.2) is 7.11 Å². The molecular formula is C15H18FNO2. The predicted octanol–water partition coefficient (Wildman–Crippen LogP) is 3.59. The van der Waals surface area contributed by atoms with E-state index in [9.17, 15) is 4.39 Å². The van der Waals surface area contributed by atoms with Crippen LogP contribution in [0.2, 0.25) is 0 Å². The van der Waals surface area contributed by atoms with Gasteiger partial charge < -0.3 is 14.5 Å². The van der Waals surface area contributed by atoms with E-state index in [-0.39, 0.29) is 17.6 Å². The number of methoxy groups -OCH3 is 1. The van der Waals surface area contributed by atoms with Gasteiger partial charge in [-0.1, -0.05) is 12.1 Å². The van der Waals surface area contributed by atoms with Gasteiger partial charge in [-0.15, -0.1) is 0 Å². The van der Waals surface area contributed by atoms with Gasteiger partial charge >= 0.3 is 0 Å². The van der Waals surface area contributed by atoms with Gasteiger partial charge in [-0.25, -0.2) is 4.39 Å². The molecule has 102 valence electrons. The average Bonchev–Trinajstić information content (AvgIpc) is 2.84. The molecule has 1 aromatic carbocycles. The molecule has 0 aliphatic rings. The van der Waals surface area contributed by atoms with Crippen molar-refractivity contribution in [2.45, 2.75) is 26.4 Å². The third-order valence-corrected chi connectivity index (χ3v) is 3.05. The maximum atomic E-state index is 13.9. The van der Waals surface area contributed by atoms with Crippen molar-refractivity contribution >= 4 is 0 Å². The number of aryl methyl sites for hydroxylation is 1. The van der Waals surface area contributed by atoms with Crippen molar-refractivity contribution in [1.29, 1.82) is 0 Å². The first kappa shape index (κ1) is 13.6. The molecule has 0 aliphatic carbocycles. The van der Waals surface area contributed by atoms with E-state index < -0.39 is 0 Å². The zero-order chi connectivity index (χ0) is 13.8. The van der Waals surface area contributed by atoms with E-state index in [1.165, 1.54) is 7.11 Å². The Balaban J connectivity index is 2.02. The lowest BCUT2D eigenvalue weighted by molar-refractivity contribution is 0.380. The van der Waals surface area contributed by atoms with Gasteiger partial charge in [0.25, 0.3) is 0 Å². The number of benzene rings is 1. The van der Waals surface area contributed by atoms with E-state index in [1.807, 2.05) is 26.0 Å². The van der Waals surface area contributed by atoms with E-state index in [4.69, 9.17) is 9.15 Å². The average molecular weight is 263 g/mol. The number of furan rings is 1. The second-order valence-electron chi connectivity index (χ2n) is 4.48. The quantitative estimate of drug-likeness (QED) is 0.895. The highest BCUT2D eigenvalue weighted by molar-refractivity contribution is 5.31. The number of hydrogen-bond donors (Lipinski definition) is 1. The number of hydrogen-bond acceptors (Lipinski definition) is 3. The van der Waals surface area contributed by atoms with E-state index >= 15 is 0 Å². The molecule has 1 atom stereocenters. The molecular weight excluding hydrogens is 245 g/mol. The van der Waals surface area contributed by atoms with Crippen molar-refractivity contribution in [1.82, 2.24) is 5.32 Å². The van der Waals surface area contributed by atoms with E-state index in [0.29, 0.717) is 12.1 Å². The highest BCUT2D eigenvalue weighted by atomic mass is 19.1. The maximum absolute atomic E-state index is 13.9. The molecule has 4 heteroatoms. The molecule has 3 nitrogen and oxygen atoms in total. The van der Waals surface area contributed by atoms with Gasteiger partial charge in [-0.2, -0.15) is 0 Å². The largest absolute Gasteiger partial charge is 0.494 e. The number of ether oxygens (including phenoxy) is 1. The molecule has 1 unspecified atom stereocenters. The van der Waals surface area contributed by atoms with Crippen molar-refractivity contribution in [3.05, 3.63) is 53.2 Å². The fourth-order valence-corrected chi connectivity index (χ4v) is 1.90. The Morgan fingerprint density at radius 1 is 1.32 bits per heavy atom. The van der Waals surface area contributed by atoms with Crippen LogP contribution >= 0.6 is 0 Å². The molecule has 2 aromatic rings. The Kier molecular flexibility index (Phi) is 4.22. The molecule has 19 heavy (non-hydrogen) atoms. The van der Waals surface area contributed by atoms with Gasteiger partial charge in [0.05, 0.1) is 13.2 Å². The van der Waals surface area contributed by atoms with E-state index in [1.54, 1.807) is 18.2 Å². The first-order chi connectivity index (χ1) is 9.11. The molecule has 0 spiro atoms. The summed E-state index contributed by atoms with van der Waals surface area (Å²) in [6.07, 6.45) is 0. The summed E-state index contributed by atoms with van der Waals surface area (Å²) in [5.74, 6) is 1.66. The Labute approximate surface area is 112 Å². The van der Waals surface area contributed by atoms with Crippen LogP contribution in [0.15, 0.2) is 34.7 Å². The minimum Gasteiger partial charge on any atom is -0.494 e. The molecule has 0 bridgehead atoms. The van der Waals surface area contributed by atoms with Crippen molar-refractivity contribution < 1.29 is 13.5 Å². The Morgan fingerprint density at radius 2 is 2.11 bits per heavy atom. The van der Waals surface area contributed by atoms with Gasteiger partial charge in [0.2, 0.25) is 0 Å². The highest BCUT2D eigenvalue weighted by Gasteiger charge is 2.12. The van der Waals surface area contributed by atoms with Crippen molar-refractivity contribution in [3.63, 3.8) is 0 Å². The highest BCUT2D eigenvalue weighted by Crippen LogP contribution is 2.21. The van der Waals surface area contributed by atoms with E-state index in [0.717, 1.165) is 11.5 Å². The summed E-state index contributed by atoms with van der Waals surface area (Å²) in [7, 11) is 1.46. The smallest absolute Gasteiger partial charge is 0.169 e. The molecule has 0 saturated carbocycles. The zero-order valence-electron chi connectivity index (χ0n) is 11.4. The summed E-state index contributed by atoms with van der Waals surface area (Å²) in [6, 6.07) is 9.00. The van der Waals surface area contributed by atoms with Crippen molar-refractivity contribution in [2.24, 2.45) is 0 Å². The number of rotatable bonds is 5. The molecule has 0 amide bonds. The summed E-state index contributed by atoms with van der Waals surface area (Å²) < 4.78 is 24.4. The zero-order valence-corrected chi connectivity index (χ0v) is 11.4. The van der Waals surface area contributed by atoms with Crippen LogP contribution < -0.4 is 10.1 Å². The molecule has 0 fully saturated rings. The van der Waals surface area contributed by atoms with Gasteiger partial charge in [-0.05, 0) is 32.0 Å². The minimum absolute atomic E-state index is 0.0271. The lowest BCUT2D eigenvalue weighted by atomic mass is 10.1. The lowest BCUT2D eigenvalue weighted by Gasteiger charge is -2.13. The van der Waals surface area contributed by atoms with Gasteiger partial charge in [0.1, 0.15) is 11.5 Å². The fourth-order valence-electron chi connectivity index (χ4n) is 1.90. The Bertz CT molecular complexity index is 551. The van der Waals surface area contributed by atoms with Gasteiger partial charge in [0, 0.05) is 12.1 Å². The second kappa shape index (κ2) is 5.89. The third kappa shape index (κ3) is 3.15. The molecule has 1 heterocycles. The van der Waals surface area contributed by atoms with Crippen LogP contribution in [0.3, 0.4) is 0 Å². The molecule has 0 radical (unpaired) electrons. The molecule has 1 N–H and O–H groups in total. The summed E-state index contributed by atoms with van der Waals surface area (Å²) in [5, 5.41) is 3.23. The van der Waals surface area contributed by atoms with E-state index in [2.05, 4.69) is 5.32 Å². The molecule has 0 aliphatic heterocycles. The predicted molar refractivity (Wildman–Crippen MR) is 71.7 cm³/mol. The number of nitrogens with one attached hydrogen (secondary N) is 1. The summed E-state index contributed by atoms with van der Waals surface area (Å²) in [5.41, 5.74) is 0.578. The number of halogens is 1. The first-order valence-electron chi connectivity index (χ1n) is 6.23. The van der Waals surface area contributed by atoms with Crippen molar-refractivity contribution in [3.8, 4) is 5.75 Å². The maximum Gasteiger partial charge on any atom is 0.169 e. The standard InChI is InChI=1S/C15H18FNO2/c1-10-7-8-13(19-10)11(2)17-9-12-5-4-6-14(18-3)15(12)16/h4-8,11,17H,9H2,1-3H3. The monoisotopic (exact) mass is 263 g/mol. The summed E-state index contributed by atoms with van der Waals surface area (Å²) >= 11 is 0. The van der Waals surface area contributed by atoms with Crippen LogP contribution in [0.5, 0.6) is 5.75 Å². The van der Waals surface area contributed by atoms with Crippen LogP contribution in [-0.2, 0) is 6.54 Å². The summed E-state index contributed by atoms with van der Waals surface area (Å²) in [4.78, 5) is 0. The topological polar surface area (TPSA) is 34.4 Å². The SMILES string of the molecule is COc1cccc(CNC(C)c2ccc(C)o2)c1F. The van der Waals surface area contributed by atoms with Crippen LogP contribution in [0.4, 0.5) is 4.39 Å².